The van der Waals surface area contributed by atoms with Gasteiger partial charge in [-0.05, 0) is 12.1 Å². The van der Waals surface area contributed by atoms with Gasteiger partial charge in [-0.1, -0.05) is 6.08 Å². The van der Waals surface area contributed by atoms with E-state index in [2.05, 4.69) is 16.9 Å². The lowest BCUT2D eigenvalue weighted by molar-refractivity contribution is -0.119. The summed E-state index contributed by atoms with van der Waals surface area (Å²) in [5.41, 5.74) is 1.28. The maximum Gasteiger partial charge on any atom is 0.272 e. The van der Waals surface area contributed by atoms with Crippen molar-refractivity contribution in [2.45, 2.75) is 0 Å². The number of pyridine rings is 1. The van der Waals surface area contributed by atoms with Crippen molar-refractivity contribution in [2.24, 2.45) is 0 Å². The van der Waals surface area contributed by atoms with E-state index >= 15 is 0 Å². The minimum atomic E-state index is -0.0918. The standard InChI is InChI=1S/C14H18N4O2/c1-2-5-15-12-3-4-13(16-10-12)14(20)18-8-6-17(11-19)7-9-18/h2-4,10-11,15H,1,5-9H2. The summed E-state index contributed by atoms with van der Waals surface area (Å²) in [6, 6.07) is 3.53. The van der Waals surface area contributed by atoms with Crippen LogP contribution in [0.1, 0.15) is 10.5 Å². The SMILES string of the molecule is C=CCNc1ccc(C(=O)N2CCN(C=O)CC2)nc1. The number of hydrogen-bond donors (Lipinski definition) is 1. The van der Waals surface area contributed by atoms with Gasteiger partial charge in [-0.2, -0.15) is 0 Å². The van der Waals surface area contributed by atoms with Crippen LogP contribution in [0.4, 0.5) is 5.69 Å². The second-order valence-electron chi connectivity index (χ2n) is 4.54. The highest BCUT2D eigenvalue weighted by molar-refractivity contribution is 5.92. The van der Waals surface area contributed by atoms with Crippen molar-refractivity contribution in [3.8, 4) is 0 Å². The lowest BCUT2D eigenvalue weighted by Gasteiger charge is -2.32. The number of carbonyl (C=O) groups excluding carboxylic acids is 2. The van der Waals surface area contributed by atoms with Crippen molar-refractivity contribution in [1.82, 2.24) is 14.8 Å². The van der Waals surface area contributed by atoms with Crippen molar-refractivity contribution in [3.05, 3.63) is 36.7 Å². The Hall–Kier alpha value is -2.37. The number of anilines is 1. The van der Waals surface area contributed by atoms with E-state index in [1.54, 1.807) is 28.1 Å². The van der Waals surface area contributed by atoms with Crippen LogP contribution in [-0.2, 0) is 4.79 Å². The van der Waals surface area contributed by atoms with Gasteiger partial charge in [0.1, 0.15) is 5.69 Å². The van der Waals surface area contributed by atoms with E-state index < -0.39 is 0 Å². The fraction of sp³-hybridized carbons (Fsp3) is 0.357. The Morgan fingerprint density at radius 1 is 1.35 bits per heavy atom. The Bertz CT molecular complexity index is 478. The highest BCUT2D eigenvalue weighted by Crippen LogP contribution is 2.09. The molecule has 1 N–H and O–H groups in total. The Labute approximate surface area is 118 Å². The first-order valence-electron chi connectivity index (χ1n) is 6.54. The molecule has 6 nitrogen and oxygen atoms in total. The smallest absolute Gasteiger partial charge is 0.272 e. The molecule has 2 amide bonds. The van der Waals surface area contributed by atoms with E-state index in [4.69, 9.17) is 0 Å². The van der Waals surface area contributed by atoms with Crippen LogP contribution in [0.15, 0.2) is 31.0 Å². The Morgan fingerprint density at radius 2 is 2.10 bits per heavy atom. The molecule has 2 rings (SSSR count). The van der Waals surface area contributed by atoms with Crippen molar-refractivity contribution < 1.29 is 9.59 Å². The highest BCUT2D eigenvalue weighted by Gasteiger charge is 2.21. The van der Waals surface area contributed by atoms with Crippen molar-refractivity contribution >= 4 is 18.0 Å². The quantitative estimate of drug-likeness (QED) is 0.630. The summed E-state index contributed by atoms with van der Waals surface area (Å²) >= 11 is 0. The van der Waals surface area contributed by atoms with Gasteiger partial charge >= 0.3 is 0 Å². The zero-order valence-corrected chi connectivity index (χ0v) is 11.3. The molecular weight excluding hydrogens is 256 g/mol. The van der Waals surface area contributed by atoms with Crippen LogP contribution in [0.25, 0.3) is 0 Å². The van der Waals surface area contributed by atoms with E-state index in [-0.39, 0.29) is 5.91 Å². The molecule has 106 valence electrons. The molecule has 0 bridgehead atoms. The molecule has 0 saturated carbocycles. The van der Waals surface area contributed by atoms with Gasteiger partial charge in [0.25, 0.3) is 5.91 Å². The number of carbonyl (C=O) groups is 2. The van der Waals surface area contributed by atoms with Gasteiger partial charge in [-0.25, -0.2) is 4.98 Å². The molecule has 1 saturated heterocycles. The number of hydrogen-bond acceptors (Lipinski definition) is 4. The summed E-state index contributed by atoms with van der Waals surface area (Å²) in [4.78, 5) is 30.4. The van der Waals surface area contributed by atoms with Gasteiger partial charge in [0.05, 0.1) is 11.9 Å². The number of nitrogens with one attached hydrogen (secondary N) is 1. The summed E-state index contributed by atoms with van der Waals surface area (Å²) in [5, 5.41) is 3.10. The molecule has 1 aliphatic heterocycles. The Morgan fingerprint density at radius 3 is 2.65 bits per heavy atom. The fourth-order valence-corrected chi connectivity index (χ4v) is 2.01. The minimum absolute atomic E-state index is 0.0918. The van der Waals surface area contributed by atoms with Crippen LogP contribution < -0.4 is 5.32 Å². The highest BCUT2D eigenvalue weighted by atomic mass is 16.2. The van der Waals surface area contributed by atoms with E-state index in [1.807, 2.05) is 6.07 Å². The first-order valence-corrected chi connectivity index (χ1v) is 6.54. The van der Waals surface area contributed by atoms with Gasteiger partial charge in [0, 0.05) is 32.7 Å². The molecule has 0 atom stereocenters. The molecule has 0 radical (unpaired) electrons. The topological polar surface area (TPSA) is 65.5 Å². The van der Waals surface area contributed by atoms with Crippen LogP contribution in [-0.4, -0.2) is 59.8 Å². The molecule has 0 spiro atoms. The molecule has 2 heterocycles. The maximum atomic E-state index is 12.2. The Kier molecular flexibility index (Phi) is 4.70. The van der Waals surface area contributed by atoms with E-state index in [0.29, 0.717) is 38.4 Å². The van der Waals surface area contributed by atoms with Gasteiger partial charge < -0.3 is 15.1 Å². The summed E-state index contributed by atoms with van der Waals surface area (Å²) in [5.74, 6) is -0.0918. The predicted molar refractivity (Wildman–Crippen MR) is 76.5 cm³/mol. The lowest BCUT2D eigenvalue weighted by atomic mass is 10.2. The molecule has 20 heavy (non-hydrogen) atoms. The number of nitrogens with zero attached hydrogens (tertiary/aromatic N) is 3. The minimum Gasteiger partial charge on any atom is -0.380 e. The predicted octanol–water partition coefficient (Wildman–Crippen LogP) is 0.594. The molecule has 0 aliphatic carbocycles. The largest absolute Gasteiger partial charge is 0.380 e. The van der Waals surface area contributed by atoms with Crippen LogP contribution in [0.5, 0.6) is 0 Å². The molecular formula is C14H18N4O2. The van der Waals surface area contributed by atoms with E-state index in [9.17, 15) is 9.59 Å². The molecule has 1 aromatic heterocycles. The van der Waals surface area contributed by atoms with Crippen LogP contribution in [0.2, 0.25) is 0 Å². The third kappa shape index (κ3) is 3.34. The van der Waals surface area contributed by atoms with Crippen LogP contribution >= 0.6 is 0 Å². The second-order valence-corrected chi connectivity index (χ2v) is 4.54. The normalized spacial score (nSPS) is 14.8. The Balaban J connectivity index is 1.95. The van der Waals surface area contributed by atoms with Gasteiger partial charge in [-0.3, -0.25) is 9.59 Å². The first kappa shape index (κ1) is 14.0. The molecule has 1 aliphatic rings. The molecule has 1 fully saturated rings. The lowest BCUT2D eigenvalue weighted by Crippen LogP contribution is -2.48. The summed E-state index contributed by atoms with van der Waals surface area (Å²) in [6.07, 6.45) is 4.21. The average Bonchev–Trinajstić information content (AvgIpc) is 2.53. The molecule has 0 aromatic carbocycles. The van der Waals surface area contributed by atoms with E-state index in [1.165, 1.54) is 0 Å². The third-order valence-electron chi connectivity index (χ3n) is 3.18. The van der Waals surface area contributed by atoms with Crippen molar-refractivity contribution in [1.29, 1.82) is 0 Å². The number of aromatic nitrogens is 1. The first-order chi connectivity index (χ1) is 9.74. The van der Waals surface area contributed by atoms with Crippen molar-refractivity contribution in [3.63, 3.8) is 0 Å². The fourth-order valence-electron chi connectivity index (χ4n) is 2.01. The molecule has 0 unspecified atom stereocenters. The van der Waals surface area contributed by atoms with Gasteiger partial charge in [0.2, 0.25) is 6.41 Å². The van der Waals surface area contributed by atoms with Crippen molar-refractivity contribution in [2.75, 3.05) is 38.0 Å². The monoisotopic (exact) mass is 274 g/mol. The summed E-state index contributed by atoms with van der Waals surface area (Å²) < 4.78 is 0. The number of amides is 2. The molecule has 6 heteroatoms. The van der Waals surface area contributed by atoms with Gasteiger partial charge in [-0.15, -0.1) is 6.58 Å². The zero-order valence-electron chi connectivity index (χ0n) is 11.3. The van der Waals surface area contributed by atoms with Crippen LogP contribution in [0, 0.1) is 0 Å². The van der Waals surface area contributed by atoms with Crippen LogP contribution in [0.3, 0.4) is 0 Å². The number of rotatable bonds is 5. The average molecular weight is 274 g/mol. The second kappa shape index (κ2) is 6.70. The van der Waals surface area contributed by atoms with Gasteiger partial charge in [0.15, 0.2) is 0 Å². The zero-order chi connectivity index (χ0) is 14.4. The summed E-state index contributed by atoms with van der Waals surface area (Å²) in [7, 11) is 0. The summed E-state index contributed by atoms with van der Waals surface area (Å²) in [6.45, 7) is 6.54. The number of piperazine rings is 1. The van der Waals surface area contributed by atoms with E-state index in [0.717, 1.165) is 12.1 Å². The molecule has 1 aromatic rings. The third-order valence-corrected chi connectivity index (χ3v) is 3.18. The maximum absolute atomic E-state index is 12.2.